The molecule has 0 amide bonds. The first-order chi connectivity index (χ1) is 6.31. The van der Waals surface area contributed by atoms with Crippen molar-refractivity contribution in [1.82, 2.24) is 0 Å². The van der Waals surface area contributed by atoms with E-state index in [0.29, 0.717) is 0 Å². The number of nitrogens with one attached hydrogen (secondary N) is 1. The first kappa shape index (κ1) is 8.58. The molecule has 2 rings (SSSR count). The summed E-state index contributed by atoms with van der Waals surface area (Å²) >= 11 is 3.40. The van der Waals surface area contributed by atoms with Crippen LogP contribution in [-0.4, -0.2) is 6.54 Å². The van der Waals surface area contributed by atoms with E-state index >= 15 is 0 Å². The van der Waals surface area contributed by atoms with Crippen molar-refractivity contribution in [3.8, 4) is 6.07 Å². The van der Waals surface area contributed by atoms with Gasteiger partial charge in [0.2, 0.25) is 0 Å². The summed E-state index contributed by atoms with van der Waals surface area (Å²) in [6, 6.07) is 6.15. The molecule has 13 heavy (non-hydrogen) atoms. The molecular weight excluding hydrogens is 228 g/mol. The highest BCUT2D eigenvalue weighted by atomic mass is 79.9. The summed E-state index contributed by atoms with van der Waals surface area (Å²) in [6.45, 7) is 0.976. The van der Waals surface area contributed by atoms with Crippen molar-refractivity contribution in [2.45, 2.75) is 12.8 Å². The van der Waals surface area contributed by atoms with E-state index in [4.69, 9.17) is 5.26 Å². The van der Waals surface area contributed by atoms with Crippen LogP contribution in [0.5, 0.6) is 0 Å². The number of aryl methyl sites for hydroxylation is 1. The second-order valence-electron chi connectivity index (χ2n) is 3.13. The molecule has 0 aromatic heterocycles. The van der Waals surface area contributed by atoms with E-state index in [-0.39, 0.29) is 0 Å². The van der Waals surface area contributed by atoms with Crippen LogP contribution in [0.3, 0.4) is 0 Å². The van der Waals surface area contributed by atoms with Gasteiger partial charge in [0.15, 0.2) is 0 Å². The molecule has 0 atom stereocenters. The van der Waals surface area contributed by atoms with Crippen molar-refractivity contribution in [2.24, 2.45) is 0 Å². The number of hydrogen-bond donors (Lipinski definition) is 1. The molecule has 2 nitrogen and oxygen atoms in total. The fraction of sp³-hybridized carbons (Fsp3) is 0.300. The van der Waals surface area contributed by atoms with E-state index < -0.39 is 0 Å². The van der Waals surface area contributed by atoms with Gasteiger partial charge in [-0.15, -0.1) is 0 Å². The van der Waals surface area contributed by atoms with Crippen LogP contribution in [-0.2, 0) is 6.42 Å². The highest BCUT2D eigenvalue weighted by Gasteiger charge is 2.13. The molecule has 0 saturated carbocycles. The molecule has 1 aliphatic heterocycles. The second-order valence-corrected chi connectivity index (χ2v) is 4.05. The molecule has 0 saturated heterocycles. The standard InChI is InChI=1S/C10H9BrN2/c11-9-4-7-2-1-3-13-10(7)8(5-9)6-12/h4-5,13H,1-3H2. The highest BCUT2D eigenvalue weighted by molar-refractivity contribution is 9.10. The fourth-order valence-electron chi connectivity index (χ4n) is 1.65. The lowest BCUT2D eigenvalue weighted by atomic mass is 10.0. The molecule has 1 N–H and O–H groups in total. The van der Waals surface area contributed by atoms with Gasteiger partial charge < -0.3 is 5.32 Å². The number of benzene rings is 1. The molecule has 0 radical (unpaired) electrons. The predicted octanol–water partition coefficient (Wildman–Crippen LogP) is 2.68. The number of halogens is 1. The average molecular weight is 237 g/mol. The fourth-order valence-corrected chi connectivity index (χ4v) is 2.15. The van der Waals surface area contributed by atoms with Crippen LogP contribution in [0.15, 0.2) is 16.6 Å². The summed E-state index contributed by atoms with van der Waals surface area (Å²) in [5.74, 6) is 0. The molecule has 0 bridgehead atoms. The summed E-state index contributed by atoms with van der Waals surface area (Å²) in [5, 5.41) is 12.2. The Morgan fingerprint density at radius 2 is 2.31 bits per heavy atom. The maximum absolute atomic E-state index is 8.91. The molecule has 1 aromatic carbocycles. The maximum Gasteiger partial charge on any atom is 0.101 e. The molecule has 0 fully saturated rings. The Balaban J connectivity index is 2.58. The van der Waals surface area contributed by atoms with E-state index in [1.807, 2.05) is 6.07 Å². The molecule has 1 aromatic rings. The van der Waals surface area contributed by atoms with Crippen LogP contribution in [0.2, 0.25) is 0 Å². The number of rotatable bonds is 0. The van der Waals surface area contributed by atoms with Crippen LogP contribution in [0.4, 0.5) is 5.69 Å². The Bertz CT molecular complexity index is 379. The van der Waals surface area contributed by atoms with Gasteiger partial charge in [0.25, 0.3) is 0 Å². The number of nitriles is 1. The normalized spacial score (nSPS) is 14.2. The molecule has 0 aliphatic carbocycles. The van der Waals surface area contributed by atoms with E-state index in [0.717, 1.165) is 35.1 Å². The van der Waals surface area contributed by atoms with Gasteiger partial charge >= 0.3 is 0 Å². The van der Waals surface area contributed by atoms with E-state index in [1.165, 1.54) is 5.56 Å². The van der Waals surface area contributed by atoms with Gasteiger partial charge in [-0.1, -0.05) is 15.9 Å². The zero-order chi connectivity index (χ0) is 9.26. The van der Waals surface area contributed by atoms with Gasteiger partial charge in [-0.3, -0.25) is 0 Å². The zero-order valence-electron chi connectivity index (χ0n) is 7.10. The quantitative estimate of drug-likeness (QED) is 0.752. The maximum atomic E-state index is 8.91. The van der Waals surface area contributed by atoms with Gasteiger partial charge in [0, 0.05) is 11.0 Å². The zero-order valence-corrected chi connectivity index (χ0v) is 8.69. The Hall–Kier alpha value is -1.01. The third-order valence-corrected chi connectivity index (χ3v) is 2.69. The molecule has 0 spiro atoms. The lowest BCUT2D eigenvalue weighted by molar-refractivity contribution is 0.828. The van der Waals surface area contributed by atoms with Crippen molar-refractivity contribution >= 4 is 21.6 Å². The first-order valence-corrected chi connectivity index (χ1v) is 5.07. The number of nitrogens with zero attached hydrogens (tertiary/aromatic N) is 1. The van der Waals surface area contributed by atoms with Crippen LogP contribution < -0.4 is 5.32 Å². The van der Waals surface area contributed by atoms with Gasteiger partial charge in [-0.25, -0.2) is 0 Å². The van der Waals surface area contributed by atoms with Gasteiger partial charge in [0.05, 0.1) is 11.3 Å². The monoisotopic (exact) mass is 236 g/mol. The number of anilines is 1. The summed E-state index contributed by atoms with van der Waals surface area (Å²) in [5.41, 5.74) is 3.01. The Morgan fingerprint density at radius 1 is 1.46 bits per heavy atom. The lowest BCUT2D eigenvalue weighted by Gasteiger charge is -2.19. The summed E-state index contributed by atoms with van der Waals surface area (Å²) in [6.07, 6.45) is 2.21. The summed E-state index contributed by atoms with van der Waals surface area (Å²) in [4.78, 5) is 0. The third-order valence-electron chi connectivity index (χ3n) is 2.23. The molecule has 0 unspecified atom stereocenters. The second kappa shape index (κ2) is 3.39. The SMILES string of the molecule is N#Cc1cc(Br)cc2c1NCCC2. The van der Waals surface area contributed by atoms with Crippen molar-refractivity contribution in [2.75, 3.05) is 11.9 Å². The minimum absolute atomic E-state index is 0.740. The number of fused-ring (bicyclic) bond motifs is 1. The van der Waals surface area contributed by atoms with Crippen molar-refractivity contribution in [3.63, 3.8) is 0 Å². The Kier molecular flexibility index (Phi) is 2.24. The van der Waals surface area contributed by atoms with Gasteiger partial charge in [-0.2, -0.15) is 5.26 Å². The minimum Gasteiger partial charge on any atom is -0.384 e. The van der Waals surface area contributed by atoms with Crippen molar-refractivity contribution < 1.29 is 0 Å². The van der Waals surface area contributed by atoms with Crippen molar-refractivity contribution in [3.05, 3.63) is 27.7 Å². The molecular formula is C10H9BrN2. The highest BCUT2D eigenvalue weighted by Crippen LogP contribution is 2.29. The smallest absolute Gasteiger partial charge is 0.101 e. The topological polar surface area (TPSA) is 35.8 Å². The first-order valence-electron chi connectivity index (χ1n) is 4.27. The van der Waals surface area contributed by atoms with Crippen LogP contribution in [0.1, 0.15) is 17.5 Å². The number of hydrogen-bond acceptors (Lipinski definition) is 2. The predicted molar refractivity (Wildman–Crippen MR) is 55.7 cm³/mol. The third kappa shape index (κ3) is 1.54. The molecule has 1 aliphatic rings. The molecule has 1 heterocycles. The lowest BCUT2D eigenvalue weighted by Crippen LogP contribution is -2.13. The summed E-state index contributed by atoms with van der Waals surface area (Å²) in [7, 11) is 0. The average Bonchev–Trinajstić information content (AvgIpc) is 2.16. The van der Waals surface area contributed by atoms with Crippen LogP contribution >= 0.6 is 15.9 Å². The van der Waals surface area contributed by atoms with Crippen LogP contribution in [0, 0.1) is 11.3 Å². The summed E-state index contributed by atoms with van der Waals surface area (Å²) < 4.78 is 0.992. The van der Waals surface area contributed by atoms with E-state index in [2.05, 4.69) is 33.4 Å². The van der Waals surface area contributed by atoms with Gasteiger partial charge in [-0.05, 0) is 30.5 Å². The van der Waals surface area contributed by atoms with E-state index in [1.54, 1.807) is 0 Å². The van der Waals surface area contributed by atoms with Crippen LogP contribution in [0.25, 0.3) is 0 Å². The minimum atomic E-state index is 0.740. The molecule has 66 valence electrons. The largest absolute Gasteiger partial charge is 0.384 e. The Morgan fingerprint density at radius 3 is 3.08 bits per heavy atom. The molecule has 3 heteroatoms. The Labute approximate surface area is 85.7 Å². The van der Waals surface area contributed by atoms with E-state index in [9.17, 15) is 0 Å². The van der Waals surface area contributed by atoms with Gasteiger partial charge in [0.1, 0.15) is 6.07 Å². The van der Waals surface area contributed by atoms with Crippen molar-refractivity contribution in [1.29, 1.82) is 5.26 Å².